The number of nitrogens with zero attached hydrogens (tertiary/aromatic N) is 3. The minimum atomic E-state index is -0.831. The van der Waals surface area contributed by atoms with Crippen LogP contribution in [-0.4, -0.2) is 28.8 Å². The number of likely N-dealkylation sites (N-methyl/N-ethyl adjacent to an activating group) is 1. The Bertz CT molecular complexity index is 1280. The molecule has 0 radical (unpaired) electrons. The second-order valence-corrected chi connectivity index (χ2v) is 10.3. The van der Waals surface area contributed by atoms with E-state index in [1.165, 1.54) is 16.2 Å². The van der Waals surface area contributed by atoms with Crippen LogP contribution >= 0.6 is 22.9 Å². The Morgan fingerprint density at radius 1 is 1.24 bits per heavy atom. The van der Waals surface area contributed by atoms with Gasteiger partial charge in [-0.2, -0.15) is 5.26 Å². The van der Waals surface area contributed by atoms with Gasteiger partial charge in [-0.05, 0) is 55.0 Å². The van der Waals surface area contributed by atoms with Gasteiger partial charge in [-0.1, -0.05) is 35.9 Å². The maximum atomic E-state index is 13.5. The number of guanidine groups is 1. The van der Waals surface area contributed by atoms with Crippen LogP contribution in [0.3, 0.4) is 0 Å². The zero-order valence-corrected chi connectivity index (χ0v) is 20.4. The van der Waals surface area contributed by atoms with Gasteiger partial charge in [-0.3, -0.25) is 20.1 Å². The van der Waals surface area contributed by atoms with Crippen molar-refractivity contribution in [2.75, 3.05) is 7.05 Å². The van der Waals surface area contributed by atoms with Gasteiger partial charge in [0.1, 0.15) is 0 Å². The van der Waals surface area contributed by atoms with E-state index < -0.39 is 16.9 Å². The summed E-state index contributed by atoms with van der Waals surface area (Å²) in [5, 5.41) is 23.7. The van der Waals surface area contributed by atoms with Crippen LogP contribution in [0.25, 0.3) is 11.1 Å². The maximum Gasteiger partial charge on any atom is 0.239 e. The van der Waals surface area contributed by atoms with E-state index in [0.717, 1.165) is 27.1 Å². The number of rotatable bonds is 4. The fourth-order valence-electron chi connectivity index (χ4n) is 4.12. The summed E-state index contributed by atoms with van der Waals surface area (Å²) in [7, 11) is 1.61. The van der Waals surface area contributed by atoms with Crippen molar-refractivity contribution in [3.05, 3.63) is 75.2 Å². The Labute approximate surface area is 202 Å². The molecule has 2 atom stereocenters. The zero-order chi connectivity index (χ0) is 24.0. The molecule has 0 saturated carbocycles. The summed E-state index contributed by atoms with van der Waals surface area (Å²) in [6.45, 7) is 5.69. The lowest BCUT2D eigenvalue weighted by Gasteiger charge is -2.45. The highest BCUT2D eigenvalue weighted by Crippen LogP contribution is 2.44. The topological polar surface area (TPSA) is 92.9 Å². The van der Waals surface area contributed by atoms with Crippen LogP contribution in [0.2, 0.25) is 5.02 Å². The molecule has 0 aliphatic carbocycles. The van der Waals surface area contributed by atoms with Crippen molar-refractivity contribution >= 4 is 34.8 Å². The fraction of sp³-hybridized carbons (Fsp3) is 0.280. The Hall–Kier alpha value is -3.21. The van der Waals surface area contributed by atoms with E-state index in [4.69, 9.17) is 17.0 Å². The molecule has 1 amide bonds. The number of amides is 1. The molecule has 1 saturated heterocycles. The van der Waals surface area contributed by atoms with Crippen LogP contribution in [0.4, 0.5) is 0 Å². The first-order chi connectivity index (χ1) is 15.6. The molecule has 6 nitrogen and oxygen atoms in total. The van der Waals surface area contributed by atoms with Crippen LogP contribution in [-0.2, 0) is 15.7 Å². The van der Waals surface area contributed by atoms with Gasteiger partial charge < -0.3 is 5.32 Å². The molecule has 4 rings (SSSR count). The second kappa shape index (κ2) is 8.29. The predicted octanol–water partition coefficient (Wildman–Crippen LogP) is 5.26. The number of carbonyl (C=O) groups is 1. The summed E-state index contributed by atoms with van der Waals surface area (Å²) in [6, 6.07) is 13.8. The van der Waals surface area contributed by atoms with Gasteiger partial charge in [0.15, 0.2) is 5.96 Å². The Morgan fingerprint density at radius 3 is 2.58 bits per heavy atom. The van der Waals surface area contributed by atoms with E-state index in [1.54, 1.807) is 19.4 Å². The highest BCUT2D eigenvalue weighted by molar-refractivity contribution is 7.10. The number of nitrogens with one attached hydrogen (secondary N) is 2. The number of pyridine rings is 1. The van der Waals surface area contributed by atoms with Gasteiger partial charge in [0.2, 0.25) is 5.91 Å². The first-order valence-corrected chi connectivity index (χ1v) is 11.7. The lowest BCUT2D eigenvalue weighted by molar-refractivity contribution is -0.131. The van der Waals surface area contributed by atoms with Gasteiger partial charge in [0.05, 0.1) is 28.0 Å². The average Bonchev–Trinajstić information content (AvgIpc) is 3.29. The maximum absolute atomic E-state index is 13.5. The molecule has 168 valence electrons. The second-order valence-electron chi connectivity index (χ2n) is 8.96. The first-order valence-electron chi connectivity index (χ1n) is 10.4. The SMILES string of the molecule is CN1C(=N)N[C@](C)(c2cc(-c3cncc(Cl)c3)cs2)C(c2ccc(C(C)(C)C#N)cc2)C1=O. The average molecular weight is 478 g/mol. The predicted molar refractivity (Wildman–Crippen MR) is 131 cm³/mol. The van der Waals surface area contributed by atoms with E-state index in [1.807, 2.05) is 62.5 Å². The quantitative estimate of drug-likeness (QED) is 0.536. The molecular weight excluding hydrogens is 454 g/mol. The van der Waals surface area contributed by atoms with Gasteiger partial charge in [0.25, 0.3) is 0 Å². The molecule has 0 spiro atoms. The molecule has 1 aromatic carbocycles. The molecule has 33 heavy (non-hydrogen) atoms. The number of nitriles is 1. The molecule has 1 fully saturated rings. The summed E-state index contributed by atoms with van der Waals surface area (Å²) in [6.07, 6.45) is 3.34. The summed E-state index contributed by atoms with van der Waals surface area (Å²) in [5.74, 6) is -0.659. The van der Waals surface area contributed by atoms with Crippen molar-refractivity contribution in [1.82, 2.24) is 15.2 Å². The molecule has 1 aliphatic heterocycles. The Balaban J connectivity index is 1.79. The lowest BCUT2D eigenvalue weighted by atomic mass is 9.76. The third kappa shape index (κ3) is 4.01. The minimum absolute atomic E-state index is 0.0559. The van der Waals surface area contributed by atoms with E-state index in [0.29, 0.717) is 5.02 Å². The highest BCUT2D eigenvalue weighted by Gasteiger charge is 2.49. The minimum Gasteiger partial charge on any atom is -0.345 e. The van der Waals surface area contributed by atoms with Crippen molar-refractivity contribution in [2.24, 2.45) is 0 Å². The monoisotopic (exact) mass is 477 g/mol. The molecule has 3 heterocycles. The summed E-state index contributed by atoms with van der Waals surface area (Å²) in [4.78, 5) is 19.9. The third-order valence-electron chi connectivity index (χ3n) is 6.26. The van der Waals surface area contributed by atoms with E-state index in [2.05, 4.69) is 16.4 Å². The van der Waals surface area contributed by atoms with Crippen LogP contribution < -0.4 is 5.32 Å². The first kappa shape index (κ1) is 23.0. The molecule has 2 aromatic heterocycles. The molecule has 3 aromatic rings. The van der Waals surface area contributed by atoms with E-state index >= 15 is 0 Å². The van der Waals surface area contributed by atoms with Crippen LogP contribution in [0.5, 0.6) is 0 Å². The number of hydrogen-bond acceptors (Lipinski definition) is 5. The molecule has 1 unspecified atom stereocenters. The van der Waals surface area contributed by atoms with Gasteiger partial charge in [-0.25, -0.2) is 0 Å². The highest BCUT2D eigenvalue weighted by atomic mass is 35.5. The normalized spacial score (nSPS) is 21.0. The Morgan fingerprint density at radius 2 is 1.94 bits per heavy atom. The number of aromatic nitrogens is 1. The van der Waals surface area contributed by atoms with Crippen molar-refractivity contribution < 1.29 is 4.79 Å². The number of thiophene rings is 1. The van der Waals surface area contributed by atoms with Gasteiger partial charge >= 0.3 is 0 Å². The lowest BCUT2D eigenvalue weighted by Crippen LogP contribution is -2.62. The van der Waals surface area contributed by atoms with Crippen LogP contribution in [0, 0.1) is 16.7 Å². The smallest absolute Gasteiger partial charge is 0.239 e. The van der Waals surface area contributed by atoms with Crippen molar-refractivity contribution in [2.45, 2.75) is 37.6 Å². The van der Waals surface area contributed by atoms with Crippen molar-refractivity contribution in [3.8, 4) is 17.2 Å². The molecular formula is C25H24ClN5OS. The number of hydrogen-bond donors (Lipinski definition) is 2. The largest absolute Gasteiger partial charge is 0.345 e. The number of benzene rings is 1. The zero-order valence-electron chi connectivity index (χ0n) is 18.8. The van der Waals surface area contributed by atoms with Crippen LogP contribution in [0.1, 0.15) is 42.7 Å². The molecule has 0 bridgehead atoms. The Kier molecular flexibility index (Phi) is 5.77. The molecule has 8 heteroatoms. The molecule has 2 N–H and O–H groups in total. The molecule has 1 aliphatic rings. The van der Waals surface area contributed by atoms with Crippen molar-refractivity contribution in [1.29, 1.82) is 10.7 Å². The van der Waals surface area contributed by atoms with Gasteiger partial charge in [0, 0.05) is 29.9 Å². The van der Waals surface area contributed by atoms with E-state index in [9.17, 15) is 10.1 Å². The number of carbonyl (C=O) groups excluding carboxylic acids is 1. The van der Waals surface area contributed by atoms with Gasteiger partial charge in [-0.15, -0.1) is 11.3 Å². The summed E-state index contributed by atoms with van der Waals surface area (Å²) in [5.41, 5.74) is 2.11. The fourth-order valence-corrected chi connectivity index (χ4v) is 5.36. The third-order valence-corrected chi connectivity index (χ3v) is 7.64. The summed E-state index contributed by atoms with van der Waals surface area (Å²) >= 11 is 7.65. The van der Waals surface area contributed by atoms with Crippen LogP contribution in [0.15, 0.2) is 54.2 Å². The number of halogens is 1. The van der Waals surface area contributed by atoms with E-state index in [-0.39, 0.29) is 11.9 Å². The van der Waals surface area contributed by atoms with Crippen molar-refractivity contribution in [3.63, 3.8) is 0 Å². The summed E-state index contributed by atoms with van der Waals surface area (Å²) < 4.78 is 0. The standard InChI is InChI=1S/C25H24ClN5OS/c1-24(2,14-27)18-7-5-15(6-8-18)21-22(32)31(4)23(28)30-25(21,3)20-10-17(13-33-20)16-9-19(26)12-29-11-16/h5-13,21H,1-4H3,(H2,28,30)/t21?,25-/m1/s1.